The number of hydrogen-bond donors (Lipinski definition) is 1. The average molecular weight is 394 g/mol. The zero-order chi connectivity index (χ0) is 19.8. The Bertz CT molecular complexity index is 873. The van der Waals surface area contributed by atoms with Crippen LogP contribution in [0.15, 0.2) is 65.2 Å². The van der Waals surface area contributed by atoms with E-state index in [0.29, 0.717) is 29.6 Å². The van der Waals surface area contributed by atoms with Crippen LogP contribution in [0.2, 0.25) is 0 Å². The molecule has 1 atom stereocenters. The Morgan fingerprint density at radius 1 is 1.11 bits per heavy atom. The molecule has 2 aromatic carbocycles. The summed E-state index contributed by atoms with van der Waals surface area (Å²) in [5.41, 5.74) is 1.53. The van der Waals surface area contributed by atoms with E-state index in [4.69, 9.17) is 9.47 Å². The molecule has 0 aliphatic carbocycles. The van der Waals surface area contributed by atoms with Crippen LogP contribution in [0, 0.1) is 11.3 Å². The summed E-state index contributed by atoms with van der Waals surface area (Å²) in [5.74, 6) is 1.89. The van der Waals surface area contributed by atoms with Crippen LogP contribution in [-0.4, -0.2) is 24.9 Å². The first kappa shape index (κ1) is 19.8. The standard InChI is InChI=1S/C22H22N2O3S/c1-2-26-18-10-8-16(9-11-18)19-14-21(25)24-22(20(19)15-23)28-13-12-27-17-6-4-3-5-7-17/h3-11,19H,2,12-14H2,1H3,(H,24,25)/t19-/m1/s1. The minimum absolute atomic E-state index is 0.0793. The number of carbonyl (C=O) groups is 1. The quantitative estimate of drug-likeness (QED) is 0.678. The maximum atomic E-state index is 12.2. The van der Waals surface area contributed by atoms with Gasteiger partial charge in [-0.25, -0.2) is 0 Å². The highest BCUT2D eigenvalue weighted by Gasteiger charge is 2.29. The number of carbonyl (C=O) groups excluding carboxylic acids is 1. The van der Waals surface area contributed by atoms with Crippen LogP contribution in [0.4, 0.5) is 0 Å². The van der Waals surface area contributed by atoms with Crippen LogP contribution in [0.25, 0.3) is 0 Å². The number of nitriles is 1. The summed E-state index contributed by atoms with van der Waals surface area (Å²) in [4.78, 5) is 12.2. The Balaban J connectivity index is 1.69. The first-order chi connectivity index (χ1) is 13.7. The molecule has 0 saturated carbocycles. The van der Waals surface area contributed by atoms with Gasteiger partial charge in [-0.2, -0.15) is 5.26 Å². The molecule has 2 aromatic rings. The lowest BCUT2D eigenvalue weighted by atomic mass is 9.87. The largest absolute Gasteiger partial charge is 0.494 e. The highest BCUT2D eigenvalue weighted by molar-refractivity contribution is 8.03. The molecule has 3 rings (SSSR count). The van der Waals surface area contributed by atoms with Crippen LogP contribution in [0.3, 0.4) is 0 Å². The molecule has 28 heavy (non-hydrogen) atoms. The van der Waals surface area contributed by atoms with Crippen LogP contribution >= 0.6 is 11.8 Å². The van der Waals surface area contributed by atoms with Crippen LogP contribution in [-0.2, 0) is 4.79 Å². The predicted molar refractivity (Wildman–Crippen MR) is 110 cm³/mol. The number of benzene rings is 2. The van der Waals surface area contributed by atoms with Crippen LogP contribution in [0.5, 0.6) is 11.5 Å². The van der Waals surface area contributed by atoms with E-state index in [-0.39, 0.29) is 18.2 Å². The van der Waals surface area contributed by atoms with Gasteiger partial charge in [0, 0.05) is 18.1 Å². The molecule has 1 N–H and O–H groups in total. The number of hydrogen-bond acceptors (Lipinski definition) is 5. The molecule has 0 aromatic heterocycles. The highest BCUT2D eigenvalue weighted by Crippen LogP contribution is 2.36. The van der Waals surface area contributed by atoms with Crippen molar-refractivity contribution in [1.29, 1.82) is 5.26 Å². The topological polar surface area (TPSA) is 71.3 Å². The number of amides is 1. The zero-order valence-corrected chi connectivity index (χ0v) is 16.5. The fraction of sp³-hybridized carbons (Fsp3) is 0.273. The van der Waals surface area contributed by atoms with Gasteiger partial charge >= 0.3 is 0 Å². The van der Waals surface area contributed by atoms with Gasteiger partial charge in [-0.3, -0.25) is 4.79 Å². The predicted octanol–water partition coefficient (Wildman–Crippen LogP) is 4.24. The first-order valence-corrected chi connectivity index (χ1v) is 10.2. The van der Waals surface area contributed by atoms with E-state index in [9.17, 15) is 10.1 Å². The van der Waals surface area contributed by atoms with Crippen molar-refractivity contribution in [3.63, 3.8) is 0 Å². The molecular weight excluding hydrogens is 372 g/mol. The Labute approximate surface area is 169 Å². The summed E-state index contributed by atoms with van der Waals surface area (Å²) < 4.78 is 11.2. The second-order valence-electron chi connectivity index (χ2n) is 6.17. The van der Waals surface area contributed by atoms with Crippen molar-refractivity contribution in [2.24, 2.45) is 0 Å². The Hall–Kier alpha value is -2.91. The molecule has 1 aliphatic rings. The molecule has 144 valence electrons. The summed E-state index contributed by atoms with van der Waals surface area (Å²) in [6.45, 7) is 3.02. The van der Waals surface area contributed by atoms with E-state index >= 15 is 0 Å². The molecular formula is C22H22N2O3S. The summed E-state index contributed by atoms with van der Waals surface area (Å²) >= 11 is 1.44. The number of para-hydroxylation sites is 1. The normalized spacial score (nSPS) is 16.3. The number of rotatable bonds is 8. The van der Waals surface area contributed by atoms with Gasteiger partial charge in [-0.05, 0) is 36.8 Å². The first-order valence-electron chi connectivity index (χ1n) is 9.18. The summed E-state index contributed by atoms with van der Waals surface area (Å²) in [5, 5.41) is 13.2. The third-order valence-corrected chi connectivity index (χ3v) is 5.27. The zero-order valence-electron chi connectivity index (χ0n) is 15.7. The Morgan fingerprint density at radius 2 is 1.82 bits per heavy atom. The molecule has 0 unspecified atom stereocenters. The molecule has 6 heteroatoms. The monoisotopic (exact) mass is 394 g/mol. The Morgan fingerprint density at radius 3 is 2.50 bits per heavy atom. The van der Waals surface area contributed by atoms with Gasteiger partial charge in [0.1, 0.15) is 11.5 Å². The van der Waals surface area contributed by atoms with Gasteiger partial charge < -0.3 is 14.8 Å². The van der Waals surface area contributed by atoms with E-state index in [2.05, 4.69) is 11.4 Å². The molecule has 0 radical (unpaired) electrons. The molecule has 0 fully saturated rings. The van der Waals surface area contributed by atoms with Crippen LogP contribution < -0.4 is 14.8 Å². The lowest BCUT2D eigenvalue weighted by molar-refractivity contribution is -0.120. The van der Waals surface area contributed by atoms with Crippen molar-refractivity contribution < 1.29 is 14.3 Å². The maximum Gasteiger partial charge on any atom is 0.225 e. The van der Waals surface area contributed by atoms with Crippen molar-refractivity contribution in [2.75, 3.05) is 19.0 Å². The molecule has 1 heterocycles. The average Bonchev–Trinajstić information content (AvgIpc) is 2.72. The molecule has 0 bridgehead atoms. The van der Waals surface area contributed by atoms with Crippen LogP contribution in [0.1, 0.15) is 24.8 Å². The minimum Gasteiger partial charge on any atom is -0.494 e. The fourth-order valence-electron chi connectivity index (χ4n) is 3.00. The second-order valence-corrected chi connectivity index (χ2v) is 7.28. The summed E-state index contributed by atoms with van der Waals surface area (Å²) in [6, 6.07) is 19.5. The smallest absolute Gasteiger partial charge is 0.225 e. The Kier molecular flexibility index (Phi) is 6.99. The van der Waals surface area contributed by atoms with E-state index in [1.807, 2.05) is 61.5 Å². The van der Waals surface area contributed by atoms with Gasteiger partial charge in [-0.1, -0.05) is 30.3 Å². The minimum atomic E-state index is -0.244. The number of nitrogens with zero attached hydrogens (tertiary/aromatic N) is 1. The van der Waals surface area contributed by atoms with Crippen molar-refractivity contribution in [3.8, 4) is 17.6 Å². The van der Waals surface area contributed by atoms with Gasteiger partial charge in [0.2, 0.25) is 5.91 Å². The third kappa shape index (κ3) is 5.08. The number of ether oxygens (including phenoxy) is 2. The number of allylic oxidation sites excluding steroid dienone is 1. The fourth-order valence-corrected chi connectivity index (χ4v) is 3.90. The van der Waals surface area contributed by atoms with Gasteiger partial charge in [-0.15, -0.1) is 11.8 Å². The van der Waals surface area contributed by atoms with Gasteiger partial charge in [0.15, 0.2) is 0 Å². The number of thioether (sulfide) groups is 1. The maximum absolute atomic E-state index is 12.2. The van der Waals surface area contributed by atoms with E-state index in [1.54, 1.807) is 0 Å². The molecule has 0 spiro atoms. The van der Waals surface area contributed by atoms with E-state index in [1.165, 1.54) is 11.8 Å². The highest BCUT2D eigenvalue weighted by atomic mass is 32.2. The third-order valence-electron chi connectivity index (χ3n) is 4.29. The molecule has 0 saturated heterocycles. The number of nitrogens with one attached hydrogen (secondary N) is 1. The van der Waals surface area contributed by atoms with Crippen molar-refractivity contribution in [3.05, 3.63) is 70.8 Å². The van der Waals surface area contributed by atoms with E-state index < -0.39 is 0 Å². The van der Waals surface area contributed by atoms with Crippen molar-refractivity contribution >= 4 is 17.7 Å². The second kappa shape index (κ2) is 9.86. The van der Waals surface area contributed by atoms with Gasteiger partial charge in [0.25, 0.3) is 0 Å². The van der Waals surface area contributed by atoms with Gasteiger partial charge in [0.05, 0.1) is 29.9 Å². The van der Waals surface area contributed by atoms with Crippen molar-refractivity contribution in [1.82, 2.24) is 5.32 Å². The lowest BCUT2D eigenvalue weighted by Crippen LogP contribution is -2.31. The summed E-state index contributed by atoms with van der Waals surface area (Å²) in [6.07, 6.45) is 0.265. The summed E-state index contributed by atoms with van der Waals surface area (Å²) in [7, 11) is 0. The van der Waals surface area contributed by atoms with Crippen molar-refractivity contribution in [2.45, 2.75) is 19.3 Å². The molecule has 1 aliphatic heterocycles. The molecule has 1 amide bonds. The SMILES string of the molecule is CCOc1ccc([C@H]2CC(=O)NC(SCCOc3ccccc3)=C2C#N)cc1. The lowest BCUT2D eigenvalue weighted by Gasteiger charge is -2.25. The molecule has 5 nitrogen and oxygen atoms in total. The van der Waals surface area contributed by atoms with E-state index in [0.717, 1.165) is 17.1 Å².